The maximum Gasteiger partial charge on any atom is 0.252 e. The fraction of sp³-hybridized carbons (Fsp3) is 0.364. The third-order valence-corrected chi connectivity index (χ3v) is 3.56. The fourth-order valence-corrected chi connectivity index (χ4v) is 2.62. The summed E-state index contributed by atoms with van der Waals surface area (Å²) in [5, 5.41) is 7.13. The minimum absolute atomic E-state index is 0.00921. The summed E-state index contributed by atoms with van der Waals surface area (Å²) in [5.74, 6) is 0.404. The summed E-state index contributed by atoms with van der Waals surface area (Å²) in [6.45, 7) is 3.75. The smallest absolute Gasteiger partial charge is 0.252 e. The van der Waals surface area contributed by atoms with E-state index in [1.54, 1.807) is 6.07 Å². The number of nitrogen functional groups attached to an aromatic ring is 1. The Morgan fingerprint density at radius 2 is 1.90 bits per heavy atom. The first-order valence-corrected chi connectivity index (χ1v) is 7.82. The molecule has 20 heavy (non-hydrogen) atoms. The van der Waals surface area contributed by atoms with Crippen molar-refractivity contribution in [3.63, 3.8) is 0 Å². The van der Waals surface area contributed by atoms with E-state index >= 15 is 0 Å². The molecule has 2 rings (SSSR count). The monoisotopic (exact) mass is 296 g/mol. The van der Waals surface area contributed by atoms with E-state index in [1.165, 1.54) is 17.1 Å². The number of nitrogens with two attached hydrogens (primary N) is 1. The molecular formula is C11H16N6O2S. The Hall–Kier alpha value is -2.16. The summed E-state index contributed by atoms with van der Waals surface area (Å²) >= 11 is 0. The molecule has 0 bridgehead atoms. The third kappa shape index (κ3) is 2.72. The second kappa shape index (κ2) is 5.08. The highest BCUT2D eigenvalue weighted by Crippen LogP contribution is 2.28. The van der Waals surface area contributed by atoms with Gasteiger partial charge in [0.1, 0.15) is 0 Å². The molecule has 0 fully saturated rings. The molecule has 0 atom stereocenters. The summed E-state index contributed by atoms with van der Waals surface area (Å²) in [6.07, 6.45) is 4.14. The molecule has 0 saturated carbocycles. The van der Waals surface area contributed by atoms with Gasteiger partial charge in [0.15, 0.2) is 26.4 Å². The van der Waals surface area contributed by atoms with Crippen molar-refractivity contribution in [3.8, 4) is 5.95 Å². The topological polar surface area (TPSA) is 116 Å². The Bertz CT molecular complexity index is 708. The van der Waals surface area contributed by atoms with E-state index in [2.05, 4.69) is 20.4 Å². The van der Waals surface area contributed by atoms with E-state index in [-0.39, 0.29) is 28.5 Å². The molecule has 0 saturated heterocycles. The SMILES string of the molecule is CC(C)Nc1nn(-c2ncccn2)c(N)c1S(C)(=O)=O. The third-order valence-electron chi connectivity index (χ3n) is 2.41. The van der Waals surface area contributed by atoms with Crippen molar-refractivity contribution in [1.82, 2.24) is 19.7 Å². The predicted octanol–water partition coefficient (Wildman–Crippen LogP) is 0.468. The predicted molar refractivity (Wildman–Crippen MR) is 75.4 cm³/mol. The normalized spacial score (nSPS) is 11.8. The lowest BCUT2D eigenvalue weighted by Gasteiger charge is -2.07. The maximum atomic E-state index is 11.9. The largest absolute Gasteiger partial charge is 0.382 e. The molecule has 3 N–H and O–H groups in total. The lowest BCUT2D eigenvalue weighted by Crippen LogP contribution is -2.13. The van der Waals surface area contributed by atoms with Crippen LogP contribution < -0.4 is 11.1 Å². The summed E-state index contributed by atoms with van der Waals surface area (Å²) in [6, 6.07) is 1.66. The molecule has 0 radical (unpaired) electrons. The van der Waals surface area contributed by atoms with Crippen LogP contribution in [0.4, 0.5) is 11.6 Å². The minimum atomic E-state index is -3.52. The van der Waals surface area contributed by atoms with Crippen LogP contribution in [0.15, 0.2) is 23.4 Å². The Labute approximate surface area is 117 Å². The fourth-order valence-electron chi connectivity index (χ4n) is 1.70. The Kier molecular flexibility index (Phi) is 3.62. The first kappa shape index (κ1) is 14.3. The Morgan fingerprint density at radius 1 is 1.30 bits per heavy atom. The number of nitrogens with zero attached hydrogens (tertiary/aromatic N) is 4. The van der Waals surface area contributed by atoms with Crippen molar-refractivity contribution >= 4 is 21.5 Å². The van der Waals surface area contributed by atoms with Crippen molar-refractivity contribution in [1.29, 1.82) is 0 Å². The summed E-state index contributed by atoms with van der Waals surface area (Å²) in [5.41, 5.74) is 5.90. The molecule has 0 aliphatic rings. The quantitative estimate of drug-likeness (QED) is 0.842. The van der Waals surface area contributed by atoms with Gasteiger partial charge in [0.2, 0.25) is 0 Å². The maximum absolute atomic E-state index is 11.9. The molecule has 0 aliphatic heterocycles. The highest BCUT2D eigenvalue weighted by molar-refractivity contribution is 7.91. The van der Waals surface area contributed by atoms with Crippen LogP contribution in [-0.4, -0.2) is 40.5 Å². The van der Waals surface area contributed by atoms with E-state index in [0.717, 1.165) is 6.26 Å². The molecule has 2 aromatic heterocycles. The Balaban J connectivity index is 2.65. The average molecular weight is 296 g/mol. The van der Waals surface area contributed by atoms with Crippen molar-refractivity contribution in [2.45, 2.75) is 24.8 Å². The molecule has 2 heterocycles. The van der Waals surface area contributed by atoms with Gasteiger partial charge in [-0.1, -0.05) is 0 Å². The second-order valence-electron chi connectivity index (χ2n) is 4.59. The first-order chi connectivity index (χ1) is 9.30. The van der Waals surface area contributed by atoms with Gasteiger partial charge in [-0.25, -0.2) is 18.4 Å². The van der Waals surface area contributed by atoms with Crippen molar-refractivity contribution in [3.05, 3.63) is 18.5 Å². The van der Waals surface area contributed by atoms with Gasteiger partial charge in [0.25, 0.3) is 5.95 Å². The molecule has 108 valence electrons. The van der Waals surface area contributed by atoms with E-state index in [4.69, 9.17) is 5.73 Å². The van der Waals surface area contributed by atoms with E-state index < -0.39 is 9.84 Å². The van der Waals surface area contributed by atoms with Crippen molar-refractivity contribution < 1.29 is 8.42 Å². The lowest BCUT2D eigenvalue weighted by atomic mass is 10.4. The second-order valence-corrected chi connectivity index (χ2v) is 6.55. The van der Waals surface area contributed by atoms with Crippen LogP contribution in [0.5, 0.6) is 0 Å². The van der Waals surface area contributed by atoms with Crippen LogP contribution in [0, 0.1) is 0 Å². The average Bonchev–Trinajstić information content (AvgIpc) is 2.66. The molecule has 9 heteroatoms. The highest BCUT2D eigenvalue weighted by atomic mass is 32.2. The number of nitrogens with one attached hydrogen (secondary N) is 1. The van der Waals surface area contributed by atoms with Gasteiger partial charge in [-0.15, -0.1) is 5.10 Å². The summed E-state index contributed by atoms with van der Waals surface area (Å²) < 4.78 is 25.0. The molecule has 0 aliphatic carbocycles. The number of hydrogen-bond acceptors (Lipinski definition) is 7. The van der Waals surface area contributed by atoms with Crippen molar-refractivity contribution in [2.24, 2.45) is 0 Å². The van der Waals surface area contributed by atoms with Crippen LogP contribution in [0.2, 0.25) is 0 Å². The minimum Gasteiger partial charge on any atom is -0.382 e. The Morgan fingerprint density at radius 3 is 2.40 bits per heavy atom. The van der Waals surface area contributed by atoms with Gasteiger partial charge in [0, 0.05) is 24.7 Å². The molecule has 8 nitrogen and oxygen atoms in total. The van der Waals surface area contributed by atoms with Gasteiger partial charge in [-0.2, -0.15) is 4.68 Å². The number of aromatic nitrogens is 4. The van der Waals surface area contributed by atoms with Gasteiger partial charge < -0.3 is 11.1 Å². The number of hydrogen-bond donors (Lipinski definition) is 2. The zero-order valence-electron chi connectivity index (χ0n) is 11.4. The standard InChI is InChI=1S/C11H16N6O2S/c1-7(2)15-10-8(20(3,18)19)9(12)17(16-10)11-13-5-4-6-14-11/h4-7H,12H2,1-3H3,(H,15,16). The first-order valence-electron chi connectivity index (χ1n) is 5.93. The molecule has 0 aromatic carbocycles. The van der Waals surface area contributed by atoms with Gasteiger partial charge >= 0.3 is 0 Å². The molecule has 2 aromatic rings. The zero-order valence-corrected chi connectivity index (χ0v) is 12.2. The number of rotatable bonds is 4. The van der Waals surface area contributed by atoms with Crippen LogP contribution >= 0.6 is 0 Å². The van der Waals surface area contributed by atoms with E-state index in [9.17, 15) is 8.42 Å². The summed E-state index contributed by atoms with van der Waals surface area (Å²) in [7, 11) is -3.52. The van der Waals surface area contributed by atoms with Crippen LogP contribution in [0.25, 0.3) is 5.95 Å². The zero-order chi connectivity index (χ0) is 14.9. The van der Waals surface area contributed by atoms with E-state index in [1.807, 2.05) is 13.8 Å². The lowest BCUT2D eigenvalue weighted by molar-refractivity contribution is 0.602. The van der Waals surface area contributed by atoms with Gasteiger partial charge in [-0.3, -0.25) is 0 Å². The summed E-state index contributed by atoms with van der Waals surface area (Å²) in [4.78, 5) is 7.98. The molecule has 0 unspecified atom stereocenters. The molecule has 0 spiro atoms. The van der Waals surface area contributed by atoms with E-state index in [0.29, 0.717) is 0 Å². The van der Waals surface area contributed by atoms with Crippen LogP contribution in [-0.2, 0) is 9.84 Å². The highest BCUT2D eigenvalue weighted by Gasteiger charge is 2.25. The van der Waals surface area contributed by atoms with Crippen molar-refractivity contribution in [2.75, 3.05) is 17.3 Å². The number of sulfone groups is 1. The van der Waals surface area contributed by atoms with Gasteiger partial charge in [-0.05, 0) is 19.9 Å². The molecule has 0 amide bonds. The molecular weight excluding hydrogens is 280 g/mol. The number of anilines is 2. The van der Waals surface area contributed by atoms with Gasteiger partial charge in [0.05, 0.1) is 0 Å². The van der Waals surface area contributed by atoms with Crippen LogP contribution in [0.1, 0.15) is 13.8 Å². The van der Waals surface area contributed by atoms with Crippen LogP contribution in [0.3, 0.4) is 0 Å².